The summed E-state index contributed by atoms with van der Waals surface area (Å²) >= 11 is 3.24. The van der Waals surface area contributed by atoms with Gasteiger partial charge in [0.05, 0.1) is 15.8 Å². The van der Waals surface area contributed by atoms with Crippen molar-refractivity contribution in [3.8, 4) is 0 Å². The molecule has 0 atom stereocenters. The van der Waals surface area contributed by atoms with E-state index in [9.17, 15) is 4.39 Å². The zero-order chi connectivity index (χ0) is 11.1. The highest BCUT2D eigenvalue weighted by atomic mass is 79.9. The second kappa shape index (κ2) is 3.91. The summed E-state index contributed by atoms with van der Waals surface area (Å²) in [5.74, 6) is -0.173. The van der Waals surface area contributed by atoms with Gasteiger partial charge in [0, 0.05) is 25.2 Å². The standard InChI is InChI=1S/C12H14BrFN2/c13-9-6-11-12(7-10(9)14)16(8-2-3-8)5-1-4-15-11/h6-8,15H,1-5H2. The topological polar surface area (TPSA) is 15.3 Å². The average Bonchev–Trinajstić information content (AvgIpc) is 3.05. The summed E-state index contributed by atoms with van der Waals surface area (Å²) in [7, 11) is 0. The molecule has 4 heteroatoms. The Morgan fingerprint density at radius 3 is 2.94 bits per heavy atom. The largest absolute Gasteiger partial charge is 0.383 e. The molecule has 1 fully saturated rings. The number of halogens is 2. The molecular formula is C12H14BrFN2. The summed E-state index contributed by atoms with van der Waals surface area (Å²) in [5, 5.41) is 3.37. The van der Waals surface area contributed by atoms with E-state index in [0.29, 0.717) is 10.5 Å². The molecule has 0 radical (unpaired) electrons. The minimum absolute atomic E-state index is 0.173. The molecule has 3 rings (SSSR count). The Bertz CT molecular complexity index is 418. The van der Waals surface area contributed by atoms with E-state index < -0.39 is 0 Å². The number of anilines is 2. The second-order valence-electron chi connectivity index (χ2n) is 4.49. The lowest BCUT2D eigenvalue weighted by Gasteiger charge is -2.24. The van der Waals surface area contributed by atoms with Crippen LogP contribution in [0.1, 0.15) is 19.3 Å². The van der Waals surface area contributed by atoms with E-state index in [1.807, 2.05) is 6.07 Å². The van der Waals surface area contributed by atoms with Crippen LogP contribution in [0.5, 0.6) is 0 Å². The fraction of sp³-hybridized carbons (Fsp3) is 0.500. The first-order valence-corrected chi connectivity index (χ1v) is 6.54. The van der Waals surface area contributed by atoms with Gasteiger partial charge in [-0.2, -0.15) is 0 Å². The van der Waals surface area contributed by atoms with Gasteiger partial charge in [-0.05, 0) is 41.3 Å². The summed E-state index contributed by atoms with van der Waals surface area (Å²) in [4.78, 5) is 2.35. The molecule has 1 aromatic carbocycles. The van der Waals surface area contributed by atoms with Crippen molar-refractivity contribution < 1.29 is 4.39 Å². The Morgan fingerprint density at radius 2 is 2.19 bits per heavy atom. The van der Waals surface area contributed by atoms with E-state index in [4.69, 9.17) is 0 Å². The van der Waals surface area contributed by atoms with Crippen molar-refractivity contribution in [2.24, 2.45) is 0 Å². The Labute approximate surface area is 103 Å². The van der Waals surface area contributed by atoms with Crippen LogP contribution in [0.25, 0.3) is 0 Å². The van der Waals surface area contributed by atoms with Crippen LogP contribution in [-0.2, 0) is 0 Å². The monoisotopic (exact) mass is 284 g/mol. The number of hydrogen-bond donors (Lipinski definition) is 1. The molecular weight excluding hydrogens is 271 g/mol. The van der Waals surface area contributed by atoms with Crippen molar-refractivity contribution in [1.82, 2.24) is 0 Å². The van der Waals surface area contributed by atoms with Gasteiger partial charge in [-0.3, -0.25) is 0 Å². The Kier molecular flexibility index (Phi) is 2.54. The molecule has 2 aliphatic rings. The van der Waals surface area contributed by atoms with E-state index >= 15 is 0 Å². The van der Waals surface area contributed by atoms with Crippen LogP contribution in [0.2, 0.25) is 0 Å². The van der Waals surface area contributed by atoms with E-state index in [2.05, 4.69) is 26.1 Å². The fourth-order valence-electron chi connectivity index (χ4n) is 2.27. The summed E-state index contributed by atoms with van der Waals surface area (Å²) in [6.45, 7) is 2.00. The van der Waals surface area contributed by atoms with Crippen molar-refractivity contribution in [2.75, 3.05) is 23.3 Å². The van der Waals surface area contributed by atoms with Gasteiger partial charge in [0.2, 0.25) is 0 Å². The lowest BCUT2D eigenvalue weighted by Crippen LogP contribution is -2.26. The lowest BCUT2D eigenvalue weighted by molar-refractivity contribution is 0.620. The predicted molar refractivity (Wildman–Crippen MR) is 67.6 cm³/mol. The molecule has 1 N–H and O–H groups in total. The molecule has 16 heavy (non-hydrogen) atoms. The maximum absolute atomic E-state index is 13.6. The highest BCUT2D eigenvalue weighted by Crippen LogP contribution is 2.39. The molecule has 1 aliphatic heterocycles. The molecule has 1 heterocycles. The Balaban J connectivity index is 2.05. The van der Waals surface area contributed by atoms with Crippen LogP contribution in [0.15, 0.2) is 16.6 Å². The lowest BCUT2D eigenvalue weighted by atomic mass is 10.2. The first kappa shape index (κ1) is 10.4. The van der Waals surface area contributed by atoms with Crippen molar-refractivity contribution in [1.29, 1.82) is 0 Å². The van der Waals surface area contributed by atoms with Gasteiger partial charge < -0.3 is 10.2 Å². The molecule has 2 nitrogen and oxygen atoms in total. The number of fused-ring (bicyclic) bond motifs is 1. The van der Waals surface area contributed by atoms with Gasteiger partial charge in [0.1, 0.15) is 5.82 Å². The highest BCUT2D eigenvalue weighted by molar-refractivity contribution is 9.10. The SMILES string of the molecule is Fc1cc2c(cc1Br)NCCCN2C1CC1. The number of hydrogen-bond acceptors (Lipinski definition) is 2. The molecule has 1 aliphatic carbocycles. The van der Waals surface area contributed by atoms with Gasteiger partial charge in [-0.15, -0.1) is 0 Å². The van der Waals surface area contributed by atoms with Crippen molar-refractivity contribution in [3.05, 3.63) is 22.4 Å². The minimum atomic E-state index is -0.173. The molecule has 0 unspecified atom stereocenters. The first-order valence-electron chi connectivity index (χ1n) is 5.75. The van der Waals surface area contributed by atoms with Gasteiger partial charge in [0.15, 0.2) is 0 Å². The predicted octanol–water partition coefficient (Wildman–Crippen LogP) is 3.37. The average molecular weight is 285 g/mol. The van der Waals surface area contributed by atoms with Crippen LogP contribution in [-0.4, -0.2) is 19.1 Å². The third-order valence-electron chi connectivity index (χ3n) is 3.23. The summed E-state index contributed by atoms with van der Waals surface area (Å²) in [6, 6.07) is 4.14. The van der Waals surface area contributed by atoms with Crippen molar-refractivity contribution in [2.45, 2.75) is 25.3 Å². The van der Waals surface area contributed by atoms with E-state index in [0.717, 1.165) is 30.9 Å². The van der Waals surface area contributed by atoms with E-state index in [1.54, 1.807) is 6.07 Å². The van der Waals surface area contributed by atoms with Crippen LogP contribution in [0.3, 0.4) is 0 Å². The van der Waals surface area contributed by atoms with E-state index in [-0.39, 0.29) is 5.82 Å². The third kappa shape index (κ3) is 1.79. The summed E-state index contributed by atoms with van der Waals surface area (Å²) < 4.78 is 14.1. The van der Waals surface area contributed by atoms with Gasteiger partial charge >= 0.3 is 0 Å². The second-order valence-corrected chi connectivity index (χ2v) is 5.34. The number of rotatable bonds is 1. The molecule has 86 valence electrons. The first-order chi connectivity index (χ1) is 7.75. The van der Waals surface area contributed by atoms with Crippen LogP contribution >= 0.6 is 15.9 Å². The zero-order valence-corrected chi connectivity index (χ0v) is 10.6. The normalized spacial score (nSPS) is 20.0. The number of benzene rings is 1. The van der Waals surface area contributed by atoms with E-state index in [1.165, 1.54) is 12.8 Å². The number of nitrogens with zero attached hydrogens (tertiary/aromatic N) is 1. The van der Waals surface area contributed by atoms with Crippen LogP contribution in [0, 0.1) is 5.82 Å². The van der Waals surface area contributed by atoms with Gasteiger partial charge in [0.25, 0.3) is 0 Å². The molecule has 0 spiro atoms. The maximum atomic E-state index is 13.6. The van der Waals surface area contributed by atoms with Gasteiger partial charge in [-0.25, -0.2) is 4.39 Å². The minimum Gasteiger partial charge on any atom is -0.383 e. The quantitative estimate of drug-likeness (QED) is 0.851. The molecule has 0 aromatic heterocycles. The highest BCUT2D eigenvalue weighted by Gasteiger charge is 2.31. The molecule has 0 bridgehead atoms. The van der Waals surface area contributed by atoms with Crippen molar-refractivity contribution in [3.63, 3.8) is 0 Å². The molecule has 1 saturated carbocycles. The maximum Gasteiger partial charge on any atom is 0.139 e. The Morgan fingerprint density at radius 1 is 1.38 bits per heavy atom. The molecule has 1 aromatic rings. The fourth-order valence-corrected chi connectivity index (χ4v) is 2.62. The molecule has 0 amide bonds. The third-order valence-corrected chi connectivity index (χ3v) is 3.83. The van der Waals surface area contributed by atoms with Crippen LogP contribution < -0.4 is 10.2 Å². The smallest absolute Gasteiger partial charge is 0.139 e. The summed E-state index contributed by atoms with van der Waals surface area (Å²) in [5.41, 5.74) is 2.08. The van der Waals surface area contributed by atoms with Crippen LogP contribution in [0.4, 0.5) is 15.8 Å². The summed E-state index contributed by atoms with van der Waals surface area (Å²) in [6.07, 6.45) is 3.61. The molecule has 0 saturated heterocycles. The zero-order valence-electron chi connectivity index (χ0n) is 8.97. The number of nitrogens with one attached hydrogen (secondary N) is 1. The Hall–Kier alpha value is -0.770. The van der Waals surface area contributed by atoms with Gasteiger partial charge in [-0.1, -0.05) is 0 Å². The van der Waals surface area contributed by atoms with Crippen molar-refractivity contribution >= 4 is 27.3 Å².